The molecule has 0 amide bonds. The summed E-state index contributed by atoms with van der Waals surface area (Å²) in [4.78, 5) is 1.89. The summed E-state index contributed by atoms with van der Waals surface area (Å²) >= 11 is 0. The Kier molecular flexibility index (Phi) is 5.30. The molecule has 2 aromatic rings. The monoisotopic (exact) mass is 270 g/mol. The maximum atomic E-state index is 8.97. The summed E-state index contributed by atoms with van der Waals surface area (Å²) < 4.78 is 1.88. The molecule has 0 radical (unpaired) electrons. The maximum absolute atomic E-state index is 8.97. The summed E-state index contributed by atoms with van der Waals surface area (Å²) in [7, 11) is 0. The summed E-state index contributed by atoms with van der Waals surface area (Å²) in [5.74, 6) is 0. The maximum Gasteiger partial charge on any atom is 0.0869 e. The van der Waals surface area contributed by atoms with Crippen molar-refractivity contribution in [1.82, 2.24) is 14.7 Å². The van der Waals surface area contributed by atoms with E-state index in [9.17, 15) is 0 Å². The fourth-order valence-corrected chi connectivity index (χ4v) is 2.06. The summed E-state index contributed by atoms with van der Waals surface area (Å²) in [5, 5.41) is 22.0. The van der Waals surface area contributed by atoms with Crippen LogP contribution in [0.2, 0.25) is 0 Å². The first-order valence-electron chi connectivity index (χ1n) is 6.57. The number of aliphatic hydroxyl groups excluding tert-OH is 1. The van der Waals surface area contributed by atoms with E-state index in [2.05, 4.69) is 23.3 Å². The number of nitrogens with zero attached hydrogens (tertiary/aromatic N) is 4. The van der Waals surface area contributed by atoms with Gasteiger partial charge in [0.1, 0.15) is 0 Å². The van der Waals surface area contributed by atoms with Gasteiger partial charge in [-0.05, 0) is 5.56 Å². The molecule has 0 aliphatic heterocycles. The molecule has 0 saturated carbocycles. The van der Waals surface area contributed by atoms with Gasteiger partial charge in [0.15, 0.2) is 0 Å². The molecule has 0 aliphatic carbocycles. The molecule has 5 heteroatoms. The highest BCUT2D eigenvalue weighted by Gasteiger charge is 2.07. The zero-order valence-electron chi connectivity index (χ0n) is 11.3. The molecule has 1 aromatic heterocycles. The Bertz CT molecular complexity index is 559. The van der Waals surface area contributed by atoms with E-state index in [0.717, 1.165) is 12.1 Å². The first-order chi connectivity index (χ1) is 9.81. The highest BCUT2D eigenvalue weighted by molar-refractivity contribution is 5.15. The number of hydrogen-bond donors (Lipinski definition) is 1. The van der Waals surface area contributed by atoms with Gasteiger partial charge in [0.2, 0.25) is 0 Å². The average Bonchev–Trinajstić information content (AvgIpc) is 2.88. The normalized spacial score (nSPS) is 10.7. The number of hydrogen-bond acceptors (Lipinski definition) is 4. The molecule has 1 aromatic carbocycles. The van der Waals surface area contributed by atoms with Crippen LogP contribution in [0.1, 0.15) is 11.1 Å². The molecule has 0 unspecified atom stereocenters. The Morgan fingerprint density at radius 2 is 2.05 bits per heavy atom. The van der Waals surface area contributed by atoms with Crippen LogP contribution in [0, 0.1) is 11.3 Å². The van der Waals surface area contributed by atoms with Gasteiger partial charge in [0, 0.05) is 24.8 Å². The van der Waals surface area contributed by atoms with Crippen molar-refractivity contribution >= 4 is 0 Å². The van der Waals surface area contributed by atoms with Crippen LogP contribution in [0.25, 0.3) is 0 Å². The van der Waals surface area contributed by atoms with Crippen LogP contribution in [-0.4, -0.2) is 39.5 Å². The van der Waals surface area contributed by atoms with Gasteiger partial charge in [-0.2, -0.15) is 10.4 Å². The summed E-state index contributed by atoms with van der Waals surface area (Å²) in [6.07, 6.45) is 3.79. The lowest BCUT2D eigenvalue weighted by Gasteiger charge is -2.16. The number of aromatic nitrogens is 2. The Labute approximate surface area is 118 Å². The minimum atomic E-state index is 0.0554. The van der Waals surface area contributed by atoms with Crippen molar-refractivity contribution in [2.45, 2.75) is 13.1 Å². The van der Waals surface area contributed by atoms with Gasteiger partial charge in [0.05, 0.1) is 32.0 Å². The molecule has 0 saturated heterocycles. The van der Waals surface area contributed by atoms with Crippen LogP contribution in [0.15, 0.2) is 42.7 Å². The van der Waals surface area contributed by atoms with Crippen LogP contribution in [0.3, 0.4) is 0 Å². The topological polar surface area (TPSA) is 65.1 Å². The number of aliphatic hydroxyl groups is 1. The van der Waals surface area contributed by atoms with Gasteiger partial charge in [-0.3, -0.25) is 9.58 Å². The molecular formula is C15H18N4O. The van der Waals surface area contributed by atoms with Crippen LogP contribution >= 0.6 is 0 Å². The van der Waals surface area contributed by atoms with E-state index in [1.54, 1.807) is 0 Å². The zero-order valence-corrected chi connectivity index (χ0v) is 11.3. The van der Waals surface area contributed by atoms with Crippen molar-refractivity contribution in [3.8, 4) is 6.07 Å². The quantitative estimate of drug-likeness (QED) is 0.769. The lowest BCUT2D eigenvalue weighted by molar-refractivity contribution is 0.205. The molecule has 0 aliphatic rings. The number of benzene rings is 1. The molecule has 0 atom stereocenters. The van der Waals surface area contributed by atoms with E-state index in [1.165, 1.54) is 5.56 Å². The first kappa shape index (κ1) is 14.3. The second-order valence-corrected chi connectivity index (χ2v) is 4.62. The second kappa shape index (κ2) is 7.43. The predicted molar refractivity (Wildman–Crippen MR) is 75.7 cm³/mol. The third-order valence-electron chi connectivity index (χ3n) is 2.99. The largest absolute Gasteiger partial charge is 0.395 e. The van der Waals surface area contributed by atoms with Crippen molar-refractivity contribution < 1.29 is 5.11 Å². The molecule has 104 valence electrons. The van der Waals surface area contributed by atoms with E-state index >= 15 is 0 Å². The average molecular weight is 270 g/mol. The van der Waals surface area contributed by atoms with Crippen molar-refractivity contribution in [2.24, 2.45) is 0 Å². The second-order valence-electron chi connectivity index (χ2n) is 4.62. The third-order valence-corrected chi connectivity index (χ3v) is 2.99. The summed E-state index contributed by atoms with van der Waals surface area (Å²) in [6.45, 7) is 2.23. The smallest absolute Gasteiger partial charge is 0.0869 e. The molecule has 20 heavy (non-hydrogen) atoms. The Balaban J connectivity index is 1.96. The SMILES string of the molecule is N#CCN(CCO)Cc1cnn(Cc2ccccc2)c1. The van der Waals surface area contributed by atoms with Crippen molar-refractivity contribution in [3.63, 3.8) is 0 Å². The Morgan fingerprint density at radius 3 is 2.75 bits per heavy atom. The molecule has 0 fully saturated rings. The minimum absolute atomic E-state index is 0.0554. The van der Waals surface area contributed by atoms with Gasteiger partial charge in [-0.1, -0.05) is 30.3 Å². The fourth-order valence-electron chi connectivity index (χ4n) is 2.06. The van der Waals surface area contributed by atoms with E-state index in [-0.39, 0.29) is 6.61 Å². The summed E-state index contributed by atoms with van der Waals surface area (Å²) in [6, 6.07) is 12.2. The lowest BCUT2D eigenvalue weighted by Crippen LogP contribution is -2.26. The third kappa shape index (κ3) is 4.19. The van der Waals surface area contributed by atoms with Crippen LogP contribution in [0.4, 0.5) is 0 Å². The number of nitriles is 1. The van der Waals surface area contributed by atoms with E-state index in [4.69, 9.17) is 10.4 Å². The molecule has 2 rings (SSSR count). The molecular weight excluding hydrogens is 252 g/mol. The highest BCUT2D eigenvalue weighted by atomic mass is 16.3. The molecule has 1 heterocycles. The van der Waals surface area contributed by atoms with Gasteiger partial charge in [-0.25, -0.2) is 0 Å². The molecule has 0 bridgehead atoms. The summed E-state index contributed by atoms with van der Waals surface area (Å²) in [5.41, 5.74) is 2.25. The lowest BCUT2D eigenvalue weighted by atomic mass is 10.2. The fraction of sp³-hybridized carbons (Fsp3) is 0.333. The highest BCUT2D eigenvalue weighted by Crippen LogP contribution is 2.06. The molecule has 1 N–H and O–H groups in total. The Hall–Kier alpha value is -2.16. The predicted octanol–water partition coefficient (Wildman–Crippen LogP) is 1.25. The van der Waals surface area contributed by atoms with Crippen molar-refractivity contribution in [2.75, 3.05) is 19.7 Å². The molecule has 5 nitrogen and oxygen atoms in total. The first-order valence-corrected chi connectivity index (χ1v) is 6.57. The van der Waals surface area contributed by atoms with Gasteiger partial charge in [0.25, 0.3) is 0 Å². The Morgan fingerprint density at radius 1 is 1.25 bits per heavy atom. The minimum Gasteiger partial charge on any atom is -0.395 e. The molecule has 0 spiro atoms. The van der Waals surface area contributed by atoms with Gasteiger partial charge >= 0.3 is 0 Å². The van der Waals surface area contributed by atoms with Crippen LogP contribution < -0.4 is 0 Å². The zero-order chi connectivity index (χ0) is 14.2. The number of rotatable bonds is 7. The van der Waals surface area contributed by atoms with Crippen LogP contribution in [-0.2, 0) is 13.1 Å². The van der Waals surface area contributed by atoms with E-state index in [1.807, 2.05) is 40.2 Å². The van der Waals surface area contributed by atoms with Crippen molar-refractivity contribution in [1.29, 1.82) is 5.26 Å². The van der Waals surface area contributed by atoms with Crippen LogP contribution in [0.5, 0.6) is 0 Å². The van der Waals surface area contributed by atoms with Gasteiger partial charge in [-0.15, -0.1) is 0 Å². The van der Waals surface area contributed by atoms with E-state index in [0.29, 0.717) is 19.6 Å². The van der Waals surface area contributed by atoms with Gasteiger partial charge < -0.3 is 5.11 Å². The van der Waals surface area contributed by atoms with Crippen molar-refractivity contribution in [3.05, 3.63) is 53.9 Å². The standard InChI is InChI=1S/C15H18N4O/c16-6-7-18(8-9-20)11-15-10-17-19(13-15)12-14-4-2-1-3-5-14/h1-5,10,13,20H,7-9,11-12H2. The van der Waals surface area contributed by atoms with E-state index < -0.39 is 0 Å².